The summed E-state index contributed by atoms with van der Waals surface area (Å²) in [4.78, 5) is 11.1. The zero-order valence-electron chi connectivity index (χ0n) is 12.8. The first kappa shape index (κ1) is 15.9. The first-order chi connectivity index (χ1) is 10.6. The van der Waals surface area contributed by atoms with E-state index >= 15 is 0 Å². The summed E-state index contributed by atoms with van der Waals surface area (Å²) >= 11 is 0. The number of benzene rings is 1. The molecule has 2 amide bonds. The fraction of sp³-hybridized carbons (Fsp3) is 0.429. The van der Waals surface area contributed by atoms with Crippen molar-refractivity contribution in [3.05, 3.63) is 23.8 Å². The molecule has 1 aliphatic rings. The van der Waals surface area contributed by atoms with Crippen molar-refractivity contribution in [1.82, 2.24) is 21.6 Å². The molecule has 120 valence electrons. The molecule has 0 bridgehead atoms. The second-order valence-corrected chi connectivity index (χ2v) is 5.00. The molecular formula is C14H21N5O3. The number of hydrazine groups is 1. The molecule has 1 unspecified atom stereocenters. The predicted octanol–water partition coefficient (Wildman–Crippen LogP) is 0.549. The van der Waals surface area contributed by atoms with E-state index < -0.39 is 0 Å². The van der Waals surface area contributed by atoms with Crippen LogP contribution in [0.2, 0.25) is 0 Å². The van der Waals surface area contributed by atoms with E-state index in [1.807, 2.05) is 32.0 Å². The molecule has 22 heavy (non-hydrogen) atoms. The van der Waals surface area contributed by atoms with E-state index in [2.05, 4.69) is 26.7 Å². The number of hydrazone groups is 1. The van der Waals surface area contributed by atoms with Crippen LogP contribution in [0.4, 0.5) is 4.79 Å². The fourth-order valence-electron chi connectivity index (χ4n) is 1.87. The highest BCUT2D eigenvalue weighted by Gasteiger charge is 2.15. The standard InChI is InChI=1S/C14H21N5O3/c1-9(2)22-11-5-4-10(6-12(11)21-3)7-15-18-13-8-16-19-14(20)17-13/h4-7,9,13,16,18H,8H2,1-3H3,(H2,17,19,20)/b15-7+. The van der Waals surface area contributed by atoms with E-state index in [9.17, 15) is 4.79 Å². The van der Waals surface area contributed by atoms with Crippen LogP contribution in [0.3, 0.4) is 0 Å². The Morgan fingerprint density at radius 1 is 1.41 bits per heavy atom. The smallest absolute Gasteiger partial charge is 0.330 e. The van der Waals surface area contributed by atoms with Gasteiger partial charge in [-0.05, 0) is 37.6 Å². The van der Waals surface area contributed by atoms with Crippen LogP contribution in [0.5, 0.6) is 11.5 Å². The van der Waals surface area contributed by atoms with E-state index in [0.717, 1.165) is 5.56 Å². The summed E-state index contributed by atoms with van der Waals surface area (Å²) in [7, 11) is 1.60. The topological polar surface area (TPSA) is 96.0 Å². The summed E-state index contributed by atoms with van der Waals surface area (Å²) in [5, 5.41) is 6.79. The lowest BCUT2D eigenvalue weighted by atomic mass is 10.2. The van der Waals surface area contributed by atoms with Gasteiger partial charge in [0.25, 0.3) is 0 Å². The first-order valence-corrected chi connectivity index (χ1v) is 7.01. The van der Waals surface area contributed by atoms with Gasteiger partial charge in [0.15, 0.2) is 11.5 Å². The Morgan fingerprint density at radius 2 is 2.23 bits per heavy atom. The summed E-state index contributed by atoms with van der Waals surface area (Å²) in [6, 6.07) is 5.26. The van der Waals surface area contributed by atoms with E-state index in [1.54, 1.807) is 13.3 Å². The van der Waals surface area contributed by atoms with Gasteiger partial charge in [0.05, 0.1) is 26.0 Å². The molecule has 8 heteroatoms. The maximum atomic E-state index is 11.1. The van der Waals surface area contributed by atoms with Crippen molar-refractivity contribution >= 4 is 12.2 Å². The van der Waals surface area contributed by atoms with Gasteiger partial charge in [0, 0.05) is 0 Å². The van der Waals surface area contributed by atoms with Gasteiger partial charge >= 0.3 is 6.03 Å². The number of carbonyl (C=O) groups is 1. The average molecular weight is 307 g/mol. The predicted molar refractivity (Wildman–Crippen MR) is 82.9 cm³/mol. The highest BCUT2D eigenvalue weighted by atomic mass is 16.5. The molecule has 1 aliphatic heterocycles. The SMILES string of the molecule is COc1cc(/C=N/NC2CNNC(=O)N2)ccc1OC(C)C. The van der Waals surface area contributed by atoms with Crippen molar-refractivity contribution in [2.45, 2.75) is 26.1 Å². The lowest BCUT2D eigenvalue weighted by Crippen LogP contribution is -2.62. The van der Waals surface area contributed by atoms with Crippen molar-refractivity contribution in [3.8, 4) is 11.5 Å². The molecule has 1 heterocycles. The fourth-order valence-corrected chi connectivity index (χ4v) is 1.87. The molecular weight excluding hydrogens is 286 g/mol. The number of nitrogens with one attached hydrogen (secondary N) is 4. The Hall–Kier alpha value is -2.48. The Balaban J connectivity index is 1.97. The number of urea groups is 1. The molecule has 1 fully saturated rings. The molecule has 4 N–H and O–H groups in total. The maximum absolute atomic E-state index is 11.1. The largest absolute Gasteiger partial charge is 0.493 e. The number of rotatable bonds is 6. The van der Waals surface area contributed by atoms with Gasteiger partial charge in [-0.1, -0.05) is 0 Å². The highest BCUT2D eigenvalue weighted by Crippen LogP contribution is 2.28. The molecule has 0 saturated carbocycles. The Morgan fingerprint density at radius 3 is 2.91 bits per heavy atom. The lowest BCUT2D eigenvalue weighted by molar-refractivity contribution is 0.217. The van der Waals surface area contributed by atoms with E-state index in [1.165, 1.54) is 0 Å². The van der Waals surface area contributed by atoms with Gasteiger partial charge in [-0.3, -0.25) is 10.9 Å². The van der Waals surface area contributed by atoms with Crippen molar-refractivity contribution in [2.24, 2.45) is 5.10 Å². The van der Waals surface area contributed by atoms with Crippen LogP contribution in [0.1, 0.15) is 19.4 Å². The summed E-state index contributed by atoms with van der Waals surface area (Å²) < 4.78 is 11.0. The van der Waals surface area contributed by atoms with Gasteiger partial charge < -0.3 is 14.8 Å². The minimum atomic E-state index is -0.296. The number of ether oxygens (including phenoxy) is 2. The number of carbonyl (C=O) groups excluding carboxylic acids is 1. The summed E-state index contributed by atoms with van der Waals surface area (Å²) in [5.74, 6) is 1.34. The van der Waals surface area contributed by atoms with Crippen molar-refractivity contribution in [1.29, 1.82) is 0 Å². The molecule has 1 atom stereocenters. The van der Waals surface area contributed by atoms with E-state index in [-0.39, 0.29) is 18.3 Å². The monoisotopic (exact) mass is 307 g/mol. The average Bonchev–Trinajstić information content (AvgIpc) is 2.48. The lowest BCUT2D eigenvalue weighted by Gasteiger charge is -2.24. The van der Waals surface area contributed by atoms with Gasteiger partial charge in [-0.15, -0.1) is 0 Å². The minimum Gasteiger partial charge on any atom is -0.493 e. The third-order valence-corrected chi connectivity index (χ3v) is 2.81. The van der Waals surface area contributed by atoms with Crippen LogP contribution in [-0.4, -0.2) is 38.2 Å². The molecule has 0 spiro atoms. The van der Waals surface area contributed by atoms with Crippen LogP contribution in [-0.2, 0) is 0 Å². The van der Waals surface area contributed by atoms with E-state index in [4.69, 9.17) is 9.47 Å². The quantitative estimate of drug-likeness (QED) is 0.455. The second-order valence-electron chi connectivity index (χ2n) is 5.00. The minimum absolute atomic E-state index is 0.0751. The molecule has 2 rings (SSSR count). The Kier molecular flexibility index (Phi) is 5.42. The number of methoxy groups -OCH3 is 1. The summed E-state index contributed by atoms with van der Waals surface area (Å²) in [5.41, 5.74) is 8.88. The zero-order valence-corrected chi connectivity index (χ0v) is 12.8. The molecule has 0 radical (unpaired) electrons. The van der Waals surface area contributed by atoms with Crippen LogP contribution < -0.4 is 31.1 Å². The van der Waals surface area contributed by atoms with Gasteiger partial charge in [0.1, 0.15) is 6.17 Å². The van der Waals surface area contributed by atoms with Crippen molar-refractivity contribution < 1.29 is 14.3 Å². The Bertz CT molecular complexity index is 547. The number of amides is 2. The van der Waals surface area contributed by atoms with Crippen LogP contribution in [0, 0.1) is 0 Å². The first-order valence-electron chi connectivity index (χ1n) is 7.01. The zero-order chi connectivity index (χ0) is 15.9. The molecule has 0 aliphatic carbocycles. The van der Waals surface area contributed by atoms with Crippen molar-refractivity contribution in [2.75, 3.05) is 13.7 Å². The number of hydrogen-bond acceptors (Lipinski definition) is 6. The van der Waals surface area contributed by atoms with Crippen LogP contribution in [0.25, 0.3) is 0 Å². The van der Waals surface area contributed by atoms with Gasteiger partial charge in [0.2, 0.25) is 0 Å². The third-order valence-electron chi connectivity index (χ3n) is 2.81. The van der Waals surface area contributed by atoms with Gasteiger partial charge in [-0.2, -0.15) is 5.10 Å². The highest BCUT2D eigenvalue weighted by molar-refractivity contribution is 5.80. The normalized spacial score (nSPS) is 18.0. The molecule has 1 aromatic carbocycles. The summed E-state index contributed by atoms with van der Waals surface area (Å²) in [6.07, 6.45) is 1.46. The molecule has 1 aromatic rings. The van der Waals surface area contributed by atoms with E-state index in [0.29, 0.717) is 18.0 Å². The van der Waals surface area contributed by atoms with Crippen molar-refractivity contribution in [3.63, 3.8) is 0 Å². The second kappa shape index (κ2) is 7.51. The molecule has 8 nitrogen and oxygen atoms in total. The maximum Gasteiger partial charge on any atom is 0.330 e. The molecule has 0 aromatic heterocycles. The van der Waals surface area contributed by atoms with Crippen LogP contribution in [0.15, 0.2) is 23.3 Å². The van der Waals surface area contributed by atoms with Crippen LogP contribution >= 0.6 is 0 Å². The third kappa shape index (κ3) is 4.52. The molecule has 1 saturated heterocycles. The van der Waals surface area contributed by atoms with Gasteiger partial charge in [-0.25, -0.2) is 10.2 Å². The Labute approximate surface area is 129 Å². The number of hydrogen-bond donors (Lipinski definition) is 4. The summed E-state index contributed by atoms with van der Waals surface area (Å²) in [6.45, 7) is 4.44. The number of nitrogens with zero attached hydrogens (tertiary/aromatic N) is 1.